The van der Waals surface area contributed by atoms with Crippen molar-refractivity contribution in [3.8, 4) is 0 Å². The molecule has 0 amide bonds. The van der Waals surface area contributed by atoms with Crippen LogP contribution in [-0.4, -0.2) is 31.4 Å². The van der Waals surface area contributed by atoms with Crippen LogP contribution in [0, 0.1) is 12.8 Å². The zero-order valence-electron chi connectivity index (χ0n) is 13.1. The van der Waals surface area contributed by atoms with Crippen molar-refractivity contribution >= 4 is 17.7 Å². The first kappa shape index (κ1) is 16.4. The molecule has 1 fully saturated rings. The van der Waals surface area contributed by atoms with Crippen LogP contribution >= 0.6 is 11.8 Å². The average Bonchev–Trinajstić information content (AvgIpc) is 2.92. The lowest BCUT2D eigenvalue weighted by molar-refractivity contribution is -0.150. The van der Waals surface area contributed by atoms with E-state index in [-0.39, 0.29) is 5.97 Å². The van der Waals surface area contributed by atoms with E-state index in [1.807, 2.05) is 18.8 Å². The smallest absolute Gasteiger partial charge is 0.326 e. The molecule has 1 aliphatic rings. The van der Waals surface area contributed by atoms with Crippen LogP contribution in [0.15, 0.2) is 29.2 Å². The molecule has 21 heavy (non-hydrogen) atoms. The minimum absolute atomic E-state index is 0.103. The fourth-order valence-electron chi connectivity index (χ4n) is 3.38. The first-order valence-corrected chi connectivity index (χ1v) is 8.58. The lowest BCUT2D eigenvalue weighted by Gasteiger charge is -2.32. The minimum Gasteiger partial charge on any atom is -0.468 e. The average molecular weight is 307 g/mol. The number of methoxy groups -OCH3 is 1. The van der Waals surface area contributed by atoms with Gasteiger partial charge in [-0.25, -0.2) is 0 Å². The van der Waals surface area contributed by atoms with E-state index in [1.165, 1.54) is 17.6 Å². The van der Waals surface area contributed by atoms with Crippen molar-refractivity contribution in [2.75, 3.05) is 19.9 Å². The molecular weight excluding hydrogens is 282 g/mol. The Labute approximate surface area is 131 Å². The van der Waals surface area contributed by atoms with E-state index in [4.69, 9.17) is 4.74 Å². The number of likely N-dealkylation sites (N-methyl/N-ethyl adjacent to an activating group) is 1. The van der Waals surface area contributed by atoms with Gasteiger partial charge in [0.25, 0.3) is 0 Å². The van der Waals surface area contributed by atoms with E-state index in [9.17, 15) is 4.79 Å². The first-order chi connectivity index (χ1) is 10.1. The third-order valence-electron chi connectivity index (χ3n) is 4.63. The summed E-state index contributed by atoms with van der Waals surface area (Å²) in [5.74, 6) is 1.30. The van der Waals surface area contributed by atoms with Gasteiger partial charge in [0, 0.05) is 4.90 Å². The van der Waals surface area contributed by atoms with Gasteiger partial charge in [0.2, 0.25) is 0 Å². The molecule has 1 aromatic rings. The fraction of sp³-hybridized carbons (Fsp3) is 0.588. The molecule has 0 heterocycles. The molecule has 1 N–H and O–H groups in total. The van der Waals surface area contributed by atoms with Crippen LogP contribution in [0.25, 0.3) is 0 Å². The van der Waals surface area contributed by atoms with Crippen molar-refractivity contribution in [2.45, 2.75) is 43.0 Å². The molecule has 2 atom stereocenters. The van der Waals surface area contributed by atoms with Crippen molar-refractivity contribution in [3.05, 3.63) is 29.8 Å². The van der Waals surface area contributed by atoms with Crippen LogP contribution in [-0.2, 0) is 9.53 Å². The molecular formula is C17H25NO2S. The second-order valence-corrected chi connectivity index (χ2v) is 6.84. The number of benzene rings is 1. The molecule has 0 bridgehead atoms. The van der Waals surface area contributed by atoms with Gasteiger partial charge in [-0.3, -0.25) is 4.79 Å². The number of nitrogens with one attached hydrogen (secondary N) is 1. The standard InChI is InChI=1S/C17H25NO2S/c1-13-7-4-5-9-15(13)21-12-10-14-8-6-11-17(14,18-2)16(19)20-3/h4-5,7,9,14,18H,6,8,10-12H2,1-3H3. The first-order valence-electron chi connectivity index (χ1n) is 7.60. The molecule has 1 aromatic carbocycles. The number of esters is 1. The summed E-state index contributed by atoms with van der Waals surface area (Å²) in [4.78, 5) is 13.5. The summed E-state index contributed by atoms with van der Waals surface area (Å²) in [7, 11) is 3.36. The topological polar surface area (TPSA) is 38.3 Å². The highest BCUT2D eigenvalue weighted by Crippen LogP contribution is 2.40. The van der Waals surface area contributed by atoms with E-state index < -0.39 is 5.54 Å². The van der Waals surface area contributed by atoms with E-state index in [1.54, 1.807) is 0 Å². The highest BCUT2D eigenvalue weighted by atomic mass is 32.2. The summed E-state index contributed by atoms with van der Waals surface area (Å²) in [5.41, 5.74) is 0.850. The molecule has 0 spiro atoms. The molecule has 2 unspecified atom stereocenters. The van der Waals surface area contributed by atoms with Crippen LogP contribution in [0.4, 0.5) is 0 Å². The maximum atomic E-state index is 12.2. The third-order valence-corrected chi connectivity index (χ3v) is 5.84. The molecule has 4 heteroatoms. The molecule has 3 nitrogen and oxygen atoms in total. The molecule has 1 saturated carbocycles. The van der Waals surface area contributed by atoms with E-state index in [0.29, 0.717) is 5.92 Å². The Bertz CT molecular complexity index is 491. The summed E-state index contributed by atoms with van der Waals surface area (Å²) in [6.45, 7) is 2.14. The molecule has 1 aliphatic carbocycles. The third kappa shape index (κ3) is 3.43. The number of carbonyl (C=O) groups is 1. The zero-order valence-corrected chi connectivity index (χ0v) is 14.0. The molecule has 0 aliphatic heterocycles. The Morgan fingerprint density at radius 2 is 2.24 bits per heavy atom. The van der Waals surface area contributed by atoms with Gasteiger partial charge in [0.15, 0.2) is 0 Å². The zero-order chi connectivity index (χ0) is 15.3. The Kier molecular flexibility index (Phi) is 5.71. The number of carbonyl (C=O) groups excluding carboxylic acids is 1. The molecule has 116 valence electrons. The van der Waals surface area contributed by atoms with Crippen molar-refractivity contribution in [2.24, 2.45) is 5.92 Å². The van der Waals surface area contributed by atoms with Crippen molar-refractivity contribution < 1.29 is 9.53 Å². The SMILES string of the molecule is CNC1(C(=O)OC)CCCC1CCSc1ccccc1C. The minimum atomic E-state index is -0.471. The van der Waals surface area contributed by atoms with Crippen molar-refractivity contribution in [1.82, 2.24) is 5.32 Å². The van der Waals surface area contributed by atoms with Gasteiger partial charge in [-0.2, -0.15) is 0 Å². The van der Waals surface area contributed by atoms with E-state index in [2.05, 4.69) is 36.5 Å². The largest absolute Gasteiger partial charge is 0.468 e. The van der Waals surface area contributed by atoms with Gasteiger partial charge in [-0.05, 0) is 56.5 Å². The number of rotatable bonds is 6. The number of hydrogen-bond acceptors (Lipinski definition) is 4. The number of thioether (sulfide) groups is 1. The summed E-state index contributed by atoms with van der Waals surface area (Å²) in [6, 6.07) is 8.46. The van der Waals surface area contributed by atoms with Gasteiger partial charge in [0.1, 0.15) is 5.54 Å². The summed E-state index contributed by atoms with van der Waals surface area (Å²) < 4.78 is 5.03. The summed E-state index contributed by atoms with van der Waals surface area (Å²) >= 11 is 1.88. The van der Waals surface area contributed by atoms with Gasteiger partial charge < -0.3 is 10.1 Å². The van der Waals surface area contributed by atoms with Gasteiger partial charge >= 0.3 is 5.97 Å². The maximum Gasteiger partial charge on any atom is 0.326 e. The van der Waals surface area contributed by atoms with E-state index in [0.717, 1.165) is 31.4 Å². The van der Waals surface area contributed by atoms with Crippen LogP contribution < -0.4 is 5.32 Å². The second-order valence-electron chi connectivity index (χ2n) is 5.70. The fourth-order valence-corrected chi connectivity index (χ4v) is 4.47. The van der Waals surface area contributed by atoms with Crippen molar-refractivity contribution in [3.63, 3.8) is 0 Å². The van der Waals surface area contributed by atoms with Crippen molar-refractivity contribution in [1.29, 1.82) is 0 Å². The maximum absolute atomic E-state index is 12.2. The van der Waals surface area contributed by atoms with E-state index >= 15 is 0 Å². The molecule has 0 radical (unpaired) electrons. The number of hydrogen-bond donors (Lipinski definition) is 1. The highest BCUT2D eigenvalue weighted by Gasteiger charge is 2.48. The Balaban J connectivity index is 1.96. The normalized spacial score (nSPS) is 25.0. The molecule has 2 rings (SSSR count). The van der Waals surface area contributed by atoms with Crippen LogP contribution in [0.5, 0.6) is 0 Å². The Hall–Kier alpha value is -1.00. The Morgan fingerprint density at radius 1 is 1.48 bits per heavy atom. The second kappa shape index (κ2) is 7.32. The molecule has 0 aromatic heterocycles. The summed E-state index contributed by atoms with van der Waals surface area (Å²) in [5, 5.41) is 3.25. The molecule has 0 saturated heterocycles. The van der Waals surface area contributed by atoms with Crippen LogP contribution in [0.2, 0.25) is 0 Å². The lowest BCUT2D eigenvalue weighted by atomic mass is 9.85. The number of aryl methyl sites for hydroxylation is 1. The monoisotopic (exact) mass is 307 g/mol. The van der Waals surface area contributed by atoms with Gasteiger partial charge in [-0.1, -0.05) is 24.6 Å². The number of ether oxygens (including phenoxy) is 1. The van der Waals surface area contributed by atoms with Crippen LogP contribution in [0.1, 0.15) is 31.2 Å². The lowest BCUT2D eigenvalue weighted by Crippen LogP contribution is -2.53. The summed E-state index contributed by atoms with van der Waals surface area (Å²) in [6.07, 6.45) is 4.12. The van der Waals surface area contributed by atoms with Gasteiger partial charge in [0.05, 0.1) is 7.11 Å². The predicted octanol–water partition coefficient (Wildman–Crippen LogP) is 3.41. The van der Waals surface area contributed by atoms with Gasteiger partial charge in [-0.15, -0.1) is 11.8 Å². The predicted molar refractivity (Wildman–Crippen MR) is 87.7 cm³/mol. The Morgan fingerprint density at radius 3 is 2.90 bits per heavy atom. The van der Waals surface area contributed by atoms with Crippen LogP contribution in [0.3, 0.4) is 0 Å². The highest BCUT2D eigenvalue weighted by molar-refractivity contribution is 7.99. The quantitative estimate of drug-likeness (QED) is 0.646.